The van der Waals surface area contributed by atoms with Crippen LogP contribution in [0.5, 0.6) is 5.75 Å². The second-order valence-electron chi connectivity index (χ2n) is 4.97. The highest BCUT2D eigenvalue weighted by Gasteiger charge is 2.06. The summed E-state index contributed by atoms with van der Waals surface area (Å²) < 4.78 is 5.59. The van der Waals surface area contributed by atoms with E-state index < -0.39 is 0 Å². The average molecular weight is 299 g/mol. The van der Waals surface area contributed by atoms with Gasteiger partial charge in [0, 0.05) is 0 Å². The van der Waals surface area contributed by atoms with Gasteiger partial charge in [0.15, 0.2) is 6.73 Å². The molecule has 0 aliphatic rings. The SMILES string of the molecule is CCc1ccccc1OCNC(=O)Nc1cc(C)ccc1N. The molecule has 0 bridgehead atoms. The lowest BCUT2D eigenvalue weighted by Gasteiger charge is -2.13. The molecule has 0 unspecified atom stereocenters. The van der Waals surface area contributed by atoms with Crippen LogP contribution in [-0.4, -0.2) is 12.8 Å². The van der Waals surface area contributed by atoms with Crippen molar-refractivity contribution in [3.63, 3.8) is 0 Å². The monoisotopic (exact) mass is 299 g/mol. The molecule has 22 heavy (non-hydrogen) atoms. The Kier molecular flexibility index (Phi) is 5.25. The zero-order valence-corrected chi connectivity index (χ0v) is 12.8. The maximum atomic E-state index is 11.9. The highest BCUT2D eigenvalue weighted by Crippen LogP contribution is 2.19. The summed E-state index contributed by atoms with van der Waals surface area (Å²) in [6.45, 7) is 4.09. The van der Waals surface area contributed by atoms with Gasteiger partial charge in [-0.05, 0) is 42.7 Å². The Labute approximate surface area is 130 Å². The van der Waals surface area contributed by atoms with E-state index >= 15 is 0 Å². The van der Waals surface area contributed by atoms with Crippen molar-refractivity contribution in [2.45, 2.75) is 20.3 Å². The molecule has 0 aromatic heterocycles. The Balaban J connectivity index is 1.87. The van der Waals surface area contributed by atoms with Crippen molar-refractivity contribution in [3.05, 3.63) is 53.6 Å². The number of rotatable bonds is 5. The molecule has 0 spiro atoms. The normalized spacial score (nSPS) is 10.1. The van der Waals surface area contributed by atoms with Gasteiger partial charge in [-0.1, -0.05) is 31.2 Å². The third kappa shape index (κ3) is 4.15. The van der Waals surface area contributed by atoms with Gasteiger partial charge in [-0.3, -0.25) is 0 Å². The lowest BCUT2D eigenvalue weighted by molar-refractivity contribution is 0.234. The molecule has 0 radical (unpaired) electrons. The number of nitrogen functional groups attached to an aromatic ring is 1. The molecule has 116 valence electrons. The van der Waals surface area contributed by atoms with Crippen LogP contribution in [0.25, 0.3) is 0 Å². The summed E-state index contributed by atoms with van der Waals surface area (Å²) in [5, 5.41) is 5.36. The number of carbonyl (C=O) groups is 1. The second kappa shape index (κ2) is 7.36. The van der Waals surface area contributed by atoms with Crippen LogP contribution in [0.4, 0.5) is 16.2 Å². The molecule has 0 saturated heterocycles. The minimum Gasteiger partial charge on any atom is -0.473 e. The summed E-state index contributed by atoms with van der Waals surface area (Å²) in [5.41, 5.74) is 9.07. The maximum absolute atomic E-state index is 11.9. The molecule has 2 aromatic rings. The highest BCUT2D eigenvalue weighted by molar-refractivity contribution is 5.92. The standard InChI is InChI=1S/C17H21N3O2/c1-3-13-6-4-5-7-16(13)22-11-19-17(21)20-15-10-12(2)8-9-14(15)18/h4-10H,3,11,18H2,1-2H3,(H2,19,20,21). The van der Waals surface area contributed by atoms with Crippen LogP contribution in [0, 0.1) is 6.92 Å². The van der Waals surface area contributed by atoms with E-state index in [2.05, 4.69) is 17.6 Å². The number of para-hydroxylation sites is 1. The fourth-order valence-electron chi connectivity index (χ4n) is 2.06. The molecule has 0 fully saturated rings. The summed E-state index contributed by atoms with van der Waals surface area (Å²) in [4.78, 5) is 11.9. The maximum Gasteiger partial charge on any atom is 0.321 e. The molecule has 0 aliphatic heterocycles. The molecule has 4 N–H and O–H groups in total. The van der Waals surface area contributed by atoms with Crippen molar-refractivity contribution in [3.8, 4) is 5.75 Å². The molecular weight excluding hydrogens is 278 g/mol. The lowest BCUT2D eigenvalue weighted by Crippen LogP contribution is -2.32. The summed E-state index contributed by atoms with van der Waals surface area (Å²) in [7, 11) is 0. The van der Waals surface area contributed by atoms with Gasteiger partial charge in [0.05, 0.1) is 11.4 Å². The fraction of sp³-hybridized carbons (Fsp3) is 0.235. The summed E-state index contributed by atoms with van der Waals surface area (Å²) in [5.74, 6) is 0.778. The van der Waals surface area contributed by atoms with Crippen LogP contribution in [0.1, 0.15) is 18.1 Å². The zero-order valence-electron chi connectivity index (χ0n) is 12.8. The summed E-state index contributed by atoms with van der Waals surface area (Å²) >= 11 is 0. The van der Waals surface area contributed by atoms with E-state index in [9.17, 15) is 4.79 Å². The van der Waals surface area contributed by atoms with Gasteiger partial charge in [0.1, 0.15) is 5.75 Å². The van der Waals surface area contributed by atoms with E-state index in [1.54, 1.807) is 6.07 Å². The Morgan fingerprint density at radius 3 is 2.77 bits per heavy atom. The smallest absolute Gasteiger partial charge is 0.321 e. The van der Waals surface area contributed by atoms with Crippen molar-refractivity contribution < 1.29 is 9.53 Å². The number of urea groups is 1. The van der Waals surface area contributed by atoms with E-state index in [1.807, 2.05) is 43.3 Å². The number of nitrogens with one attached hydrogen (secondary N) is 2. The highest BCUT2D eigenvalue weighted by atomic mass is 16.5. The Morgan fingerprint density at radius 2 is 2.00 bits per heavy atom. The topological polar surface area (TPSA) is 76.4 Å². The van der Waals surface area contributed by atoms with Crippen molar-refractivity contribution in [2.75, 3.05) is 17.8 Å². The van der Waals surface area contributed by atoms with Gasteiger partial charge in [-0.25, -0.2) is 4.79 Å². The van der Waals surface area contributed by atoms with E-state index in [1.165, 1.54) is 0 Å². The fourth-order valence-corrected chi connectivity index (χ4v) is 2.06. The van der Waals surface area contributed by atoms with E-state index in [0.717, 1.165) is 23.3 Å². The molecule has 2 amide bonds. The Hall–Kier alpha value is -2.69. The third-order valence-corrected chi connectivity index (χ3v) is 3.27. The number of hydrogen-bond acceptors (Lipinski definition) is 3. The molecule has 0 atom stereocenters. The summed E-state index contributed by atoms with van der Waals surface area (Å²) in [6, 6.07) is 12.9. The number of carbonyl (C=O) groups excluding carboxylic acids is 1. The van der Waals surface area contributed by atoms with Crippen LogP contribution < -0.4 is 21.1 Å². The van der Waals surface area contributed by atoms with Crippen molar-refractivity contribution >= 4 is 17.4 Å². The first kappa shape index (κ1) is 15.7. The first-order chi connectivity index (χ1) is 10.6. The van der Waals surface area contributed by atoms with Crippen LogP contribution in [0.15, 0.2) is 42.5 Å². The number of ether oxygens (including phenoxy) is 1. The molecule has 2 rings (SSSR count). The van der Waals surface area contributed by atoms with E-state index in [-0.39, 0.29) is 12.8 Å². The predicted octanol–water partition coefficient (Wildman–Crippen LogP) is 3.30. The molecule has 2 aromatic carbocycles. The molecule has 0 aliphatic carbocycles. The zero-order chi connectivity index (χ0) is 15.9. The average Bonchev–Trinajstić information content (AvgIpc) is 2.51. The van der Waals surface area contributed by atoms with Crippen LogP contribution in [0.3, 0.4) is 0 Å². The van der Waals surface area contributed by atoms with Gasteiger partial charge in [-0.2, -0.15) is 0 Å². The van der Waals surface area contributed by atoms with Crippen molar-refractivity contribution in [1.82, 2.24) is 5.32 Å². The van der Waals surface area contributed by atoms with Gasteiger partial charge in [-0.15, -0.1) is 0 Å². The number of nitrogens with two attached hydrogens (primary N) is 1. The van der Waals surface area contributed by atoms with Crippen LogP contribution >= 0.6 is 0 Å². The minimum atomic E-state index is -0.355. The lowest BCUT2D eigenvalue weighted by atomic mass is 10.1. The van der Waals surface area contributed by atoms with Crippen molar-refractivity contribution in [2.24, 2.45) is 0 Å². The molecule has 5 heteroatoms. The van der Waals surface area contributed by atoms with Gasteiger partial charge in [0.25, 0.3) is 0 Å². The second-order valence-corrected chi connectivity index (χ2v) is 4.97. The third-order valence-electron chi connectivity index (χ3n) is 3.27. The van der Waals surface area contributed by atoms with Gasteiger partial charge < -0.3 is 21.1 Å². The molecule has 0 heterocycles. The van der Waals surface area contributed by atoms with Crippen LogP contribution in [-0.2, 0) is 6.42 Å². The minimum absolute atomic E-state index is 0.0918. The number of hydrogen-bond donors (Lipinski definition) is 3. The Bertz CT molecular complexity index is 656. The largest absolute Gasteiger partial charge is 0.473 e. The molecular formula is C17H21N3O2. The van der Waals surface area contributed by atoms with Gasteiger partial charge >= 0.3 is 6.03 Å². The number of amides is 2. The number of anilines is 2. The first-order valence-electron chi connectivity index (χ1n) is 7.22. The molecule has 5 nitrogen and oxygen atoms in total. The first-order valence-corrected chi connectivity index (χ1v) is 7.22. The predicted molar refractivity (Wildman–Crippen MR) is 89.1 cm³/mol. The van der Waals surface area contributed by atoms with Crippen molar-refractivity contribution in [1.29, 1.82) is 0 Å². The summed E-state index contributed by atoms with van der Waals surface area (Å²) in [6.07, 6.45) is 0.877. The Morgan fingerprint density at radius 1 is 1.23 bits per heavy atom. The van der Waals surface area contributed by atoms with E-state index in [0.29, 0.717) is 11.4 Å². The number of aryl methyl sites for hydroxylation is 2. The number of benzene rings is 2. The van der Waals surface area contributed by atoms with Gasteiger partial charge in [0.2, 0.25) is 0 Å². The van der Waals surface area contributed by atoms with E-state index in [4.69, 9.17) is 10.5 Å². The van der Waals surface area contributed by atoms with Crippen LogP contribution in [0.2, 0.25) is 0 Å². The molecule has 0 saturated carbocycles. The quantitative estimate of drug-likeness (QED) is 0.585.